The lowest BCUT2D eigenvalue weighted by Crippen LogP contribution is -2.05. The molecule has 0 saturated heterocycles. The van der Waals surface area contributed by atoms with Crippen LogP contribution in [0.1, 0.15) is 18.2 Å². The fraction of sp³-hybridized carbons (Fsp3) is 0.500. The molecule has 0 amide bonds. The minimum atomic E-state index is 0.830. The molecule has 0 aliphatic heterocycles. The van der Waals surface area contributed by atoms with Crippen molar-refractivity contribution in [1.82, 2.24) is 5.32 Å². The number of nitrogens with one attached hydrogen (secondary N) is 1. The summed E-state index contributed by atoms with van der Waals surface area (Å²) in [5, 5.41) is 3.05. The van der Waals surface area contributed by atoms with Crippen molar-refractivity contribution < 1.29 is 4.42 Å². The summed E-state index contributed by atoms with van der Waals surface area (Å²) in [5.74, 6) is 1.06. The van der Waals surface area contributed by atoms with Gasteiger partial charge < -0.3 is 9.73 Å². The molecule has 1 aromatic heterocycles. The molecule has 10 heavy (non-hydrogen) atoms. The fourth-order valence-corrected chi connectivity index (χ4v) is 0.998. The van der Waals surface area contributed by atoms with Gasteiger partial charge in [-0.15, -0.1) is 0 Å². The van der Waals surface area contributed by atoms with E-state index in [1.54, 1.807) is 6.26 Å². The number of aryl methyl sites for hydroxylation is 1. The molecule has 0 unspecified atom stereocenters. The Kier molecular flexibility index (Phi) is 2.51. The second-order valence-corrected chi connectivity index (χ2v) is 2.25. The maximum absolute atomic E-state index is 5.23. The van der Waals surface area contributed by atoms with Crippen LogP contribution in [0.5, 0.6) is 0 Å². The molecule has 1 aromatic rings. The van der Waals surface area contributed by atoms with E-state index in [0.717, 1.165) is 18.7 Å². The molecule has 0 aliphatic carbocycles. The predicted octanol–water partition coefficient (Wildman–Crippen LogP) is 1.56. The van der Waals surface area contributed by atoms with E-state index in [1.807, 2.05) is 13.1 Å². The van der Waals surface area contributed by atoms with Gasteiger partial charge in [-0.05, 0) is 25.1 Å². The first-order valence-corrected chi connectivity index (χ1v) is 3.58. The molecular formula is C8H13NO. The SMILES string of the molecule is CCc1ccoc1CNC. The van der Waals surface area contributed by atoms with Crippen molar-refractivity contribution in [3.8, 4) is 0 Å². The van der Waals surface area contributed by atoms with Crippen molar-refractivity contribution >= 4 is 0 Å². The topological polar surface area (TPSA) is 25.2 Å². The fourth-order valence-electron chi connectivity index (χ4n) is 0.998. The number of hydrogen-bond donors (Lipinski definition) is 1. The minimum Gasteiger partial charge on any atom is -0.468 e. The van der Waals surface area contributed by atoms with Crippen LogP contribution >= 0.6 is 0 Å². The highest BCUT2D eigenvalue weighted by Gasteiger charge is 2.00. The largest absolute Gasteiger partial charge is 0.468 e. The van der Waals surface area contributed by atoms with E-state index in [2.05, 4.69) is 12.2 Å². The summed E-state index contributed by atoms with van der Waals surface area (Å²) >= 11 is 0. The van der Waals surface area contributed by atoms with E-state index in [4.69, 9.17) is 4.42 Å². The summed E-state index contributed by atoms with van der Waals surface area (Å²) in [6.07, 6.45) is 2.79. The molecule has 1 N–H and O–H groups in total. The summed E-state index contributed by atoms with van der Waals surface area (Å²) in [4.78, 5) is 0. The molecule has 0 bridgehead atoms. The molecule has 2 nitrogen and oxygen atoms in total. The van der Waals surface area contributed by atoms with Gasteiger partial charge in [-0.1, -0.05) is 6.92 Å². The maximum Gasteiger partial charge on any atom is 0.120 e. The Hall–Kier alpha value is -0.760. The van der Waals surface area contributed by atoms with Crippen molar-refractivity contribution in [3.05, 3.63) is 23.7 Å². The lowest BCUT2D eigenvalue weighted by molar-refractivity contribution is 0.491. The molecule has 0 fully saturated rings. The van der Waals surface area contributed by atoms with Gasteiger partial charge in [-0.2, -0.15) is 0 Å². The number of furan rings is 1. The molecule has 0 spiro atoms. The van der Waals surface area contributed by atoms with Crippen LogP contribution in [0.15, 0.2) is 16.7 Å². The molecule has 1 heterocycles. The quantitative estimate of drug-likeness (QED) is 0.687. The van der Waals surface area contributed by atoms with Crippen LogP contribution in [0.25, 0.3) is 0 Å². The van der Waals surface area contributed by atoms with Crippen molar-refractivity contribution in [2.45, 2.75) is 19.9 Å². The van der Waals surface area contributed by atoms with Gasteiger partial charge in [0, 0.05) is 0 Å². The third-order valence-corrected chi connectivity index (χ3v) is 1.56. The van der Waals surface area contributed by atoms with Gasteiger partial charge in [0.2, 0.25) is 0 Å². The number of rotatable bonds is 3. The standard InChI is InChI=1S/C8H13NO/c1-3-7-4-5-10-8(7)6-9-2/h4-5,9H,3,6H2,1-2H3. The average Bonchev–Trinajstić information content (AvgIpc) is 2.36. The summed E-state index contributed by atoms with van der Waals surface area (Å²) < 4.78 is 5.23. The van der Waals surface area contributed by atoms with Crippen molar-refractivity contribution in [2.75, 3.05) is 7.05 Å². The van der Waals surface area contributed by atoms with Crippen LogP contribution in [-0.4, -0.2) is 7.05 Å². The van der Waals surface area contributed by atoms with Gasteiger partial charge in [0.25, 0.3) is 0 Å². The first kappa shape index (κ1) is 7.35. The Balaban J connectivity index is 2.70. The third kappa shape index (κ3) is 1.39. The molecule has 1 rings (SSSR count). The third-order valence-electron chi connectivity index (χ3n) is 1.56. The van der Waals surface area contributed by atoms with E-state index in [1.165, 1.54) is 5.56 Å². The van der Waals surface area contributed by atoms with Gasteiger partial charge in [0.1, 0.15) is 5.76 Å². The molecule has 0 aliphatic rings. The van der Waals surface area contributed by atoms with Crippen LogP contribution in [-0.2, 0) is 13.0 Å². The zero-order valence-corrected chi connectivity index (χ0v) is 6.48. The molecular weight excluding hydrogens is 126 g/mol. The average molecular weight is 139 g/mol. The summed E-state index contributed by atoms with van der Waals surface area (Å²) in [7, 11) is 1.92. The molecule has 2 heteroatoms. The van der Waals surface area contributed by atoms with Crippen molar-refractivity contribution in [2.24, 2.45) is 0 Å². The summed E-state index contributed by atoms with van der Waals surface area (Å²) in [6.45, 7) is 2.96. The first-order chi connectivity index (χ1) is 4.88. The predicted molar refractivity (Wildman–Crippen MR) is 40.8 cm³/mol. The van der Waals surface area contributed by atoms with Crippen LogP contribution < -0.4 is 5.32 Å². The maximum atomic E-state index is 5.23. The zero-order valence-electron chi connectivity index (χ0n) is 6.48. The lowest BCUT2D eigenvalue weighted by atomic mass is 10.2. The van der Waals surface area contributed by atoms with Crippen LogP contribution in [0.3, 0.4) is 0 Å². The Morgan fingerprint density at radius 1 is 1.60 bits per heavy atom. The summed E-state index contributed by atoms with van der Waals surface area (Å²) in [6, 6.07) is 2.02. The Morgan fingerprint density at radius 3 is 3.00 bits per heavy atom. The monoisotopic (exact) mass is 139 g/mol. The highest BCUT2D eigenvalue weighted by Crippen LogP contribution is 2.09. The minimum absolute atomic E-state index is 0.830. The highest BCUT2D eigenvalue weighted by molar-refractivity contribution is 5.16. The van der Waals surface area contributed by atoms with Gasteiger partial charge in [0.05, 0.1) is 12.8 Å². The van der Waals surface area contributed by atoms with E-state index in [0.29, 0.717) is 0 Å². The van der Waals surface area contributed by atoms with E-state index in [-0.39, 0.29) is 0 Å². The zero-order chi connectivity index (χ0) is 7.40. The molecule has 56 valence electrons. The van der Waals surface area contributed by atoms with Gasteiger partial charge in [0.15, 0.2) is 0 Å². The van der Waals surface area contributed by atoms with E-state index < -0.39 is 0 Å². The Morgan fingerprint density at radius 2 is 2.40 bits per heavy atom. The summed E-state index contributed by atoms with van der Waals surface area (Å²) in [5.41, 5.74) is 1.30. The Bertz CT molecular complexity index is 193. The smallest absolute Gasteiger partial charge is 0.120 e. The molecule has 0 radical (unpaired) electrons. The van der Waals surface area contributed by atoms with Gasteiger partial charge in [-0.25, -0.2) is 0 Å². The highest BCUT2D eigenvalue weighted by atomic mass is 16.3. The molecule has 0 saturated carbocycles. The van der Waals surface area contributed by atoms with Gasteiger partial charge in [-0.3, -0.25) is 0 Å². The lowest BCUT2D eigenvalue weighted by Gasteiger charge is -1.96. The van der Waals surface area contributed by atoms with Crippen molar-refractivity contribution in [1.29, 1.82) is 0 Å². The van der Waals surface area contributed by atoms with Crippen LogP contribution in [0.2, 0.25) is 0 Å². The first-order valence-electron chi connectivity index (χ1n) is 3.58. The van der Waals surface area contributed by atoms with E-state index >= 15 is 0 Å². The van der Waals surface area contributed by atoms with E-state index in [9.17, 15) is 0 Å². The normalized spacial score (nSPS) is 10.2. The molecule has 0 aromatic carbocycles. The van der Waals surface area contributed by atoms with Gasteiger partial charge >= 0.3 is 0 Å². The second-order valence-electron chi connectivity index (χ2n) is 2.25. The van der Waals surface area contributed by atoms with Crippen LogP contribution in [0.4, 0.5) is 0 Å². The molecule has 0 atom stereocenters. The Labute approximate surface area is 61.2 Å². The van der Waals surface area contributed by atoms with Crippen molar-refractivity contribution in [3.63, 3.8) is 0 Å². The van der Waals surface area contributed by atoms with Crippen LogP contribution in [0, 0.1) is 0 Å². The second kappa shape index (κ2) is 3.42. The number of hydrogen-bond acceptors (Lipinski definition) is 2.